The van der Waals surface area contributed by atoms with E-state index in [-0.39, 0.29) is 12.2 Å². The van der Waals surface area contributed by atoms with Gasteiger partial charge in [0.05, 0.1) is 0 Å². The monoisotopic (exact) mass is 430 g/mol. The minimum atomic E-state index is -4.45. The zero-order chi connectivity index (χ0) is 21.3. The molecule has 0 bridgehead atoms. The summed E-state index contributed by atoms with van der Waals surface area (Å²) in [5.74, 6) is 1.05. The smallest absolute Gasteiger partial charge is 0.426 e. The lowest BCUT2D eigenvalue weighted by atomic mass is 10.1. The number of thiophene rings is 1. The molecule has 0 N–H and O–H groups in total. The van der Waals surface area contributed by atoms with Crippen molar-refractivity contribution in [1.29, 1.82) is 0 Å². The van der Waals surface area contributed by atoms with E-state index < -0.39 is 17.2 Å². The number of halogens is 3. The molecule has 0 fully saturated rings. The fourth-order valence-corrected chi connectivity index (χ4v) is 4.25. The Balaban J connectivity index is 1.61. The zero-order valence-corrected chi connectivity index (χ0v) is 16.7. The molecule has 7 heteroatoms. The lowest BCUT2D eigenvalue weighted by Gasteiger charge is -2.18. The van der Waals surface area contributed by atoms with Crippen molar-refractivity contribution in [2.75, 3.05) is 6.61 Å². The summed E-state index contributed by atoms with van der Waals surface area (Å²) in [4.78, 5) is 10.7. The Labute approximate surface area is 175 Å². The molecule has 1 aliphatic heterocycles. The Morgan fingerprint density at radius 1 is 1.13 bits per heavy atom. The molecule has 0 saturated heterocycles. The molecule has 1 atom stereocenters. The number of hydrogen-bond acceptors (Lipinski definition) is 4. The Bertz CT molecular complexity index is 1100. The Morgan fingerprint density at radius 3 is 2.60 bits per heavy atom. The topological polar surface area (TPSA) is 35.5 Å². The maximum absolute atomic E-state index is 13.6. The van der Waals surface area contributed by atoms with Crippen molar-refractivity contribution in [2.45, 2.75) is 19.2 Å². The van der Waals surface area contributed by atoms with E-state index in [4.69, 9.17) is 9.47 Å². The van der Waals surface area contributed by atoms with Gasteiger partial charge in [-0.3, -0.25) is 4.79 Å². The van der Waals surface area contributed by atoms with Crippen molar-refractivity contribution in [3.8, 4) is 22.6 Å². The molecule has 0 spiro atoms. The summed E-state index contributed by atoms with van der Waals surface area (Å²) in [6.45, 7) is 1.89. The number of rotatable bonds is 5. The largest absolute Gasteiger partial charge is 0.488 e. The SMILES string of the molecule is CC(Oc1ccc2c(c1)OCC(C=O)=C2)c1cc(-c2ccccc2)c(C(F)(F)F)s1. The minimum absolute atomic E-state index is 0.152. The van der Waals surface area contributed by atoms with E-state index in [2.05, 4.69) is 0 Å². The number of fused-ring (bicyclic) bond motifs is 1. The van der Waals surface area contributed by atoms with Crippen LogP contribution in [0.4, 0.5) is 13.2 Å². The second-order valence-corrected chi connectivity index (χ2v) is 7.92. The number of carbonyl (C=O) groups is 1. The predicted molar refractivity (Wildman–Crippen MR) is 110 cm³/mol. The summed E-state index contributed by atoms with van der Waals surface area (Å²) in [6.07, 6.45) is -2.55. The number of alkyl halides is 3. The molecule has 2 heterocycles. The van der Waals surface area contributed by atoms with Gasteiger partial charge >= 0.3 is 6.18 Å². The number of benzene rings is 2. The fourth-order valence-electron chi connectivity index (χ4n) is 3.22. The van der Waals surface area contributed by atoms with Gasteiger partial charge < -0.3 is 9.47 Å². The molecule has 3 nitrogen and oxygen atoms in total. The van der Waals surface area contributed by atoms with Gasteiger partial charge in [-0.1, -0.05) is 30.3 Å². The highest BCUT2D eigenvalue weighted by atomic mass is 32.1. The zero-order valence-electron chi connectivity index (χ0n) is 15.9. The highest BCUT2D eigenvalue weighted by Gasteiger charge is 2.37. The van der Waals surface area contributed by atoms with E-state index in [0.29, 0.717) is 38.8 Å². The maximum atomic E-state index is 13.6. The molecule has 154 valence electrons. The van der Waals surface area contributed by atoms with Crippen LogP contribution in [0.25, 0.3) is 17.2 Å². The third-order valence-electron chi connectivity index (χ3n) is 4.68. The van der Waals surface area contributed by atoms with E-state index in [1.807, 2.05) is 0 Å². The average Bonchev–Trinajstić information content (AvgIpc) is 3.20. The highest BCUT2D eigenvalue weighted by Crippen LogP contribution is 2.45. The van der Waals surface area contributed by atoms with Crippen molar-refractivity contribution in [1.82, 2.24) is 0 Å². The van der Waals surface area contributed by atoms with E-state index >= 15 is 0 Å². The van der Waals surface area contributed by atoms with Crippen LogP contribution in [0.15, 0.2) is 60.2 Å². The quantitative estimate of drug-likeness (QED) is 0.431. The van der Waals surface area contributed by atoms with E-state index in [1.54, 1.807) is 67.6 Å². The molecule has 1 aromatic heterocycles. The van der Waals surface area contributed by atoms with Crippen LogP contribution in [0.3, 0.4) is 0 Å². The number of ether oxygens (including phenoxy) is 2. The van der Waals surface area contributed by atoms with Crippen molar-refractivity contribution in [2.24, 2.45) is 0 Å². The normalized spacial score (nSPS) is 14.3. The summed E-state index contributed by atoms with van der Waals surface area (Å²) in [5.41, 5.74) is 1.96. The summed E-state index contributed by atoms with van der Waals surface area (Å²) in [6, 6.07) is 15.2. The van der Waals surface area contributed by atoms with Gasteiger partial charge in [-0.05, 0) is 36.8 Å². The summed E-state index contributed by atoms with van der Waals surface area (Å²) >= 11 is 0.691. The average molecular weight is 430 g/mol. The summed E-state index contributed by atoms with van der Waals surface area (Å²) in [5, 5.41) is 0. The van der Waals surface area contributed by atoms with Gasteiger partial charge in [0.2, 0.25) is 0 Å². The number of hydrogen-bond donors (Lipinski definition) is 0. The molecule has 0 radical (unpaired) electrons. The lowest BCUT2D eigenvalue weighted by Crippen LogP contribution is -2.08. The molecule has 4 rings (SSSR count). The lowest BCUT2D eigenvalue weighted by molar-refractivity contribution is -0.133. The van der Waals surface area contributed by atoms with Crippen LogP contribution in [0.2, 0.25) is 0 Å². The van der Waals surface area contributed by atoms with Gasteiger partial charge in [0.25, 0.3) is 0 Å². The third kappa shape index (κ3) is 4.11. The van der Waals surface area contributed by atoms with Crippen molar-refractivity contribution in [3.63, 3.8) is 0 Å². The molecule has 1 aliphatic rings. The molecule has 3 aromatic rings. The minimum Gasteiger partial charge on any atom is -0.488 e. The van der Waals surface area contributed by atoms with Crippen LogP contribution in [0.1, 0.15) is 28.3 Å². The van der Waals surface area contributed by atoms with Crippen LogP contribution in [-0.2, 0) is 11.0 Å². The maximum Gasteiger partial charge on any atom is 0.426 e. The summed E-state index contributed by atoms with van der Waals surface area (Å²) < 4.78 is 52.3. The Hall–Kier alpha value is -3.06. The van der Waals surface area contributed by atoms with Gasteiger partial charge in [0.1, 0.15) is 35.4 Å². The first-order chi connectivity index (χ1) is 14.3. The highest BCUT2D eigenvalue weighted by molar-refractivity contribution is 7.12. The molecular formula is C23H17F3O3S. The van der Waals surface area contributed by atoms with E-state index in [0.717, 1.165) is 11.8 Å². The van der Waals surface area contributed by atoms with Crippen LogP contribution < -0.4 is 9.47 Å². The third-order valence-corrected chi connectivity index (χ3v) is 6.02. The predicted octanol–water partition coefficient (Wildman–Crippen LogP) is 6.55. The first kappa shape index (κ1) is 20.2. The Morgan fingerprint density at radius 2 is 1.90 bits per heavy atom. The Kier molecular flexibility index (Phi) is 5.39. The van der Waals surface area contributed by atoms with E-state index in [1.165, 1.54) is 0 Å². The van der Waals surface area contributed by atoms with Crippen LogP contribution in [0, 0.1) is 0 Å². The van der Waals surface area contributed by atoms with Gasteiger partial charge in [-0.15, -0.1) is 11.3 Å². The van der Waals surface area contributed by atoms with Crippen molar-refractivity contribution in [3.05, 3.63) is 75.5 Å². The van der Waals surface area contributed by atoms with Gasteiger partial charge in [-0.2, -0.15) is 13.2 Å². The van der Waals surface area contributed by atoms with Crippen LogP contribution in [0.5, 0.6) is 11.5 Å². The molecule has 0 aliphatic carbocycles. The van der Waals surface area contributed by atoms with Crippen molar-refractivity contribution < 1.29 is 27.4 Å². The summed E-state index contributed by atoms with van der Waals surface area (Å²) in [7, 11) is 0. The van der Waals surface area contributed by atoms with Gasteiger partial charge in [0.15, 0.2) is 0 Å². The standard InChI is InChI=1S/C23H17F3O3S/c1-14(29-18-8-7-17-9-15(12-27)13-28-20(17)10-18)21-11-19(16-5-3-2-4-6-16)22(30-21)23(24,25)26/h2-12,14H,13H2,1H3. The van der Waals surface area contributed by atoms with Gasteiger partial charge in [0, 0.05) is 27.6 Å². The number of aldehydes is 1. The van der Waals surface area contributed by atoms with Gasteiger partial charge in [-0.25, -0.2) is 0 Å². The molecule has 2 aromatic carbocycles. The van der Waals surface area contributed by atoms with Crippen LogP contribution >= 0.6 is 11.3 Å². The second kappa shape index (κ2) is 7.99. The molecule has 0 amide bonds. The van der Waals surface area contributed by atoms with Crippen LogP contribution in [-0.4, -0.2) is 12.9 Å². The number of carbonyl (C=O) groups excluding carboxylic acids is 1. The molecular weight excluding hydrogens is 413 g/mol. The second-order valence-electron chi connectivity index (χ2n) is 6.84. The first-order valence-electron chi connectivity index (χ1n) is 9.21. The fraction of sp³-hybridized carbons (Fsp3) is 0.174. The van der Waals surface area contributed by atoms with E-state index in [9.17, 15) is 18.0 Å². The van der Waals surface area contributed by atoms with Crippen molar-refractivity contribution >= 4 is 23.7 Å². The molecule has 1 unspecified atom stereocenters. The molecule has 0 saturated carbocycles. The first-order valence-corrected chi connectivity index (χ1v) is 10.0. The molecule has 30 heavy (non-hydrogen) atoms.